The average molecular weight is 560 g/mol. The number of hydrogen-bond donors (Lipinski definition) is 1. The number of benzene rings is 3. The lowest BCUT2D eigenvalue weighted by Crippen LogP contribution is -2.43. The van der Waals surface area contributed by atoms with Crippen LogP contribution in [0.25, 0.3) is 0 Å². The van der Waals surface area contributed by atoms with Gasteiger partial charge in [-0.15, -0.1) is 0 Å². The molecule has 216 valence electrons. The first-order chi connectivity index (χ1) is 19.6. The zero-order valence-electron chi connectivity index (χ0n) is 23.7. The fourth-order valence-electron chi connectivity index (χ4n) is 4.00. The van der Waals surface area contributed by atoms with Crippen LogP contribution in [0, 0.1) is 5.92 Å². The van der Waals surface area contributed by atoms with Gasteiger partial charge in [0.1, 0.15) is 36.6 Å². The van der Waals surface area contributed by atoms with E-state index in [1.807, 2.05) is 78.9 Å². The molecule has 3 rings (SSSR count). The number of carbonyl (C=O) groups excluding carboxylic acids is 4. The van der Waals surface area contributed by atoms with Crippen molar-refractivity contribution >= 4 is 23.8 Å². The normalized spacial score (nSPS) is 12.5. The maximum atomic E-state index is 13.4. The summed E-state index contributed by atoms with van der Waals surface area (Å²) in [5.41, 5.74) is 1.58. The minimum Gasteiger partial charge on any atom is -0.459 e. The Morgan fingerprint density at radius 2 is 1.17 bits per heavy atom. The number of carbonyl (C=O) groups is 4. The molecule has 41 heavy (non-hydrogen) atoms. The molecule has 0 radical (unpaired) electrons. The number of rotatable bonds is 13. The largest absolute Gasteiger partial charge is 0.459 e. The maximum Gasteiger partial charge on any atom is 0.408 e. The first kappa shape index (κ1) is 31.1. The Morgan fingerprint density at radius 3 is 1.68 bits per heavy atom. The van der Waals surface area contributed by atoms with Crippen LogP contribution in [0.4, 0.5) is 4.79 Å². The third-order valence-corrected chi connectivity index (χ3v) is 6.06. The minimum atomic E-state index is -1.16. The van der Waals surface area contributed by atoms with E-state index in [1.165, 1.54) is 0 Å². The molecule has 0 saturated heterocycles. The van der Waals surface area contributed by atoms with Gasteiger partial charge in [-0.05, 0) is 50.3 Å². The molecule has 1 N–H and O–H groups in total. The number of hydrogen-bond acceptors (Lipinski definition) is 7. The van der Waals surface area contributed by atoms with Crippen LogP contribution < -0.4 is 5.32 Å². The number of esters is 2. The Balaban J connectivity index is 1.69. The number of ketones is 1. The summed E-state index contributed by atoms with van der Waals surface area (Å²) in [6, 6.07) is 26.2. The molecule has 2 atom stereocenters. The lowest BCUT2D eigenvalue weighted by atomic mass is 9.91. The van der Waals surface area contributed by atoms with Crippen molar-refractivity contribution in [3.8, 4) is 0 Å². The Hall–Kier alpha value is -4.46. The zero-order chi connectivity index (χ0) is 29.7. The van der Waals surface area contributed by atoms with Gasteiger partial charge in [0.05, 0.1) is 0 Å². The molecular weight excluding hydrogens is 522 g/mol. The van der Waals surface area contributed by atoms with E-state index in [4.69, 9.17) is 14.2 Å². The minimum absolute atomic E-state index is 0.000592. The van der Waals surface area contributed by atoms with E-state index in [2.05, 4.69) is 5.32 Å². The summed E-state index contributed by atoms with van der Waals surface area (Å²) in [6.45, 7) is 5.21. The molecule has 0 spiro atoms. The molecule has 0 saturated carbocycles. The van der Waals surface area contributed by atoms with Gasteiger partial charge >= 0.3 is 18.0 Å². The number of amides is 1. The van der Waals surface area contributed by atoms with Crippen molar-refractivity contribution in [1.82, 2.24) is 5.32 Å². The predicted octanol–water partition coefficient (Wildman–Crippen LogP) is 5.57. The summed E-state index contributed by atoms with van der Waals surface area (Å²) in [5.74, 6) is -2.81. The summed E-state index contributed by atoms with van der Waals surface area (Å²) in [4.78, 5) is 52.0. The van der Waals surface area contributed by atoms with Crippen molar-refractivity contribution in [1.29, 1.82) is 0 Å². The third-order valence-electron chi connectivity index (χ3n) is 6.06. The van der Waals surface area contributed by atoms with Crippen molar-refractivity contribution in [2.45, 2.75) is 64.9 Å². The molecule has 3 aromatic rings. The molecule has 0 aliphatic rings. The van der Waals surface area contributed by atoms with Gasteiger partial charge < -0.3 is 19.5 Å². The number of Topliss-reactive ketones (excluding diaryl/α,β-unsaturated/α-hetero) is 1. The SMILES string of the molecule is CC(C)(C)OC(=O)C(Cc1ccccc1)C(=O)CC[C@H](NC(=O)OCc1ccccc1)C(=O)OCc1ccccc1. The van der Waals surface area contributed by atoms with Crippen LogP contribution in [0.15, 0.2) is 91.0 Å². The monoisotopic (exact) mass is 559 g/mol. The second-order valence-corrected chi connectivity index (χ2v) is 10.6. The van der Waals surface area contributed by atoms with Crippen molar-refractivity contribution in [2.24, 2.45) is 5.92 Å². The predicted molar refractivity (Wildman–Crippen MR) is 154 cm³/mol. The van der Waals surface area contributed by atoms with Crippen LogP contribution >= 0.6 is 0 Å². The second kappa shape index (κ2) is 15.4. The highest BCUT2D eigenvalue weighted by Gasteiger charge is 2.33. The van der Waals surface area contributed by atoms with Gasteiger partial charge in [0.25, 0.3) is 0 Å². The van der Waals surface area contributed by atoms with Crippen LogP contribution in [0.5, 0.6) is 0 Å². The number of ether oxygens (including phenoxy) is 3. The van der Waals surface area contributed by atoms with E-state index in [1.54, 1.807) is 32.9 Å². The lowest BCUT2D eigenvalue weighted by Gasteiger charge is -2.24. The zero-order valence-corrected chi connectivity index (χ0v) is 23.7. The summed E-state index contributed by atoms with van der Waals surface area (Å²) in [7, 11) is 0. The van der Waals surface area contributed by atoms with Crippen LogP contribution in [0.1, 0.15) is 50.3 Å². The van der Waals surface area contributed by atoms with Gasteiger partial charge in [-0.1, -0.05) is 91.0 Å². The molecule has 8 heteroatoms. The van der Waals surface area contributed by atoms with Crippen LogP contribution in [-0.4, -0.2) is 35.5 Å². The van der Waals surface area contributed by atoms with Gasteiger partial charge in [-0.3, -0.25) is 9.59 Å². The van der Waals surface area contributed by atoms with E-state index in [9.17, 15) is 19.2 Å². The smallest absolute Gasteiger partial charge is 0.408 e. The molecule has 0 heterocycles. The Kier molecular flexibility index (Phi) is 11.6. The Morgan fingerprint density at radius 1 is 0.683 bits per heavy atom. The molecule has 0 aliphatic heterocycles. The van der Waals surface area contributed by atoms with E-state index in [-0.39, 0.29) is 32.5 Å². The first-order valence-corrected chi connectivity index (χ1v) is 13.6. The van der Waals surface area contributed by atoms with Crippen molar-refractivity contribution in [3.05, 3.63) is 108 Å². The molecule has 0 bridgehead atoms. The highest BCUT2D eigenvalue weighted by Crippen LogP contribution is 2.19. The van der Waals surface area contributed by atoms with Crippen molar-refractivity contribution in [2.75, 3.05) is 0 Å². The van der Waals surface area contributed by atoms with Gasteiger partial charge in [-0.25, -0.2) is 9.59 Å². The molecule has 8 nitrogen and oxygen atoms in total. The van der Waals surface area contributed by atoms with E-state index in [0.29, 0.717) is 0 Å². The van der Waals surface area contributed by atoms with E-state index in [0.717, 1.165) is 16.7 Å². The molecular formula is C33H37NO7. The molecule has 1 amide bonds. The lowest BCUT2D eigenvalue weighted by molar-refractivity contribution is -0.162. The fraction of sp³-hybridized carbons (Fsp3) is 0.333. The Bertz CT molecular complexity index is 1270. The second-order valence-electron chi connectivity index (χ2n) is 10.6. The highest BCUT2D eigenvalue weighted by atomic mass is 16.6. The van der Waals surface area contributed by atoms with Crippen LogP contribution in [-0.2, 0) is 48.2 Å². The maximum absolute atomic E-state index is 13.4. The first-order valence-electron chi connectivity index (χ1n) is 13.6. The summed E-state index contributed by atoms with van der Waals surface area (Å²) in [5, 5.41) is 2.53. The summed E-state index contributed by atoms with van der Waals surface area (Å²) >= 11 is 0. The molecule has 0 aromatic heterocycles. The van der Waals surface area contributed by atoms with Crippen molar-refractivity contribution in [3.63, 3.8) is 0 Å². The number of nitrogens with one attached hydrogen (secondary N) is 1. The summed E-state index contributed by atoms with van der Waals surface area (Å²) in [6.07, 6.45) is -0.914. The molecule has 0 aliphatic carbocycles. The van der Waals surface area contributed by atoms with Gasteiger partial charge in [0, 0.05) is 6.42 Å². The third kappa shape index (κ3) is 11.3. The molecule has 1 unspecified atom stereocenters. The quantitative estimate of drug-likeness (QED) is 0.166. The fourth-order valence-corrected chi connectivity index (χ4v) is 4.00. The Labute approximate surface area is 241 Å². The van der Waals surface area contributed by atoms with E-state index < -0.39 is 41.4 Å². The van der Waals surface area contributed by atoms with Gasteiger partial charge in [0.15, 0.2) is 0 Å². The van der Waals surface area contributed by atoms with Crippen molar-refractivity contribution < 1.29 is 33.4 Å². The number of alkyl carbamates (subject to hydrolysis) is 1. The summed E-state index contributed by atoms with van der Waals surface area (Å²) < 4.78 is 16.3. The molecule has 0 fully saturated rings. The molecule has 3 aromatic carbocycles. The van der Waals surface area contributed by atoms with E-state index >= 15 is 0 Å². The standard InChI is InChI=1S/C33H37NO7/c1-33(2,3)41-30(36)27(21-24-13-7-4-8-14-24)29(35)20-19-28(31(37)39-22-25-15-9-5-10-16-25)34-32(38)40-23-26-17-11-6-12-18-26/h4-18,27-28H,19-23H2,1-3H3,(H,34,38)/t27?,28-/m0/s1. The topological polar surface area (TPSA) is 108 Å². The van der Waals surface area contributed by atoms with Gasteiger partial charge in [-0.2, -0.15) is 0 Å². The van der Waals surface area contributed by atoms with Gasteiger partial charge in [0.2, 0.25) is 0 Å². The highest BCUT2D eigenvalue weighted by molar-refractivity contribution is 5.99. The van der Waals surface area contributed by atoms with Crippen LogP contribution in [0.3, 0.4) is 0 Å². The average Bonchev–Trinajstić information content (AvgIpc) is 2.96. The van der Waals surface area contributed by atoms with Crippen LogP contribution in [0.2, 0.25) is 0 Å².